The lowest BCUT2D eigenvalue weighted by molar-refractivity contribution is -0.275. The van der Waals surface area contributed by atoms with Crippen LogP contribution in [0.4, 0.5) is 26.3 Å². The van der Waals surface area contributed by atoms with Crippen molar-refractivity contribution in [2.75, 3.05) is 0 Å². The van der Waals surface area contributed by atoms with Gasteiger partial charge in [0.15, 0.2) is 0 Å². The Morgan fingerprint density at radius 1 is 0.312 bits per heavy atom. The quantitative estimate of drug-likeness (QED) is 0.102. The van der Waals surface area contributed by atoms with E-state index in [1.165, 1.54) is 109 Å². The van der Waals surface area contributed by atoms with E-state index in [1.807, 2.05) is 36.4 Å². The van der Waals surface area contributed by atoms with Crippen molar-refractivity contribution in [3.05, 3.63) is 211 Å². The number of halogens is 6. The van der Waals surface area contributed by atoms with Gasteiger partial charge < -0.3 is 9.47 Å². The third-order valence-electron chi connectivity index (χ3n) is 12.8. The van der Waals surface area contributed by atoms with Crippen LogP contribution >= 0.6 is 0 Å². The van der Waals surface area contributed by atoms with E-state index in [0.29, 0.717) is 0 Å². The van der Waals surface area contributed by atoms with Gasteiger partial charge >= 0.3 is 12.7 Å². The van der Waals surface area contributed by atoms with Crippen LogP contribution in [0.5, 0.6) is 11.5 Å². The summed E-state index contributed by atoms with van der Waals surface area (Å²) < 4.78 is 90.2. The first kappa shape index (κ1) is 52.4. The van der Waals surface area contributed by atoms with Crippen LogP contribution in [0.3, 0.4) is 0 Å². The SMILES string of the molecule is N#CC1=C(c2ccc(OC(F)(F)F)cc2)/C(=C(/C#N)c2cc(C#N)cc(C#N)c2)c2c1c(-c1ccc(C#N)cc1)c1c(c2-c2ccc(C#N)cc2)/C(=C(\C#N)c2cc(C#N)cc(C#N)c2)C(c2ccc(OC(F)(F)F)cc2)=C1C#N. The molecule has 0 saturated carbocycles. The number of ether oxygens (including phenoxy) is 2. The summed E-state index contributed by atoms with van der Waals surface area (Å²) in [5.74, 6) is -1.35. The molecule has 0 saturated heterocycles. The van der Waals surface area contributed by atoms with Crippen LogP contribution in [0.15, 0.2) is 133 Å². The zero-order chi connectivity index (χ0) is 57.2. The molecular weight excluding hydrogens is 1030 g/mol. The smallest absolute Gasteiger partial charge is 0.406 e. The maximum Gasteiger partial charge on any atom is 0.573 e. The molecule has 12 nitrogen and oxygen atoms in total. The molecule has 0 aromatic heterocycles. The largest absolute Gasteiger partial charge is 0.573 e. The number of benzene rings is 7. The lowest BCUT2D eigenvalue weighted by Crippen LogP contribution is -2.17. The zero-order valence-electron chi connectivity index (χ0n) is 40.3. The number of nitrogens with zero attached hydrogens (tertiary/aromatic N) is 10. The minimum absolute atomic E-state index is 0.00687. The predicted molar refractivity (Wildman–Crippen MR) is 274 cm³/mol. The summed E-state index contributed by atoms with van der Waals surface area (Å²) in [4.78, 5) is 0. The molecule has 7 aromatic rings. The Bertz CT molecular complexity index is 4170. The molecule has 80 heavy (non-hydrogen) atoms. The van der Waals surface area contributed by atoms with E-state index in [0.717, 1.165) is 24.3 Å². The number of nitriles is 10. The van der Waals surface area contributed by atoms with E-state index in [1.54, 1.807) is 0 Å². The van der Waals surface area contributed by atoms with Crippen LogP contribution in [0.1, 0.15) is 77.9 Å². The third kappa shape index (κ3) is 9.51. The van der Waals surface area contributed by atoms with Gasteiger partial charge in [0.05, 0.1) is 92.1 Å². The molecular formula is C62H22F6N10O2. The van der Waals surface area contributed by atoms with Crippen molar-refractivity contribution in [3.8, 4) is 94.4 Å². The minimum Gasteiger partial charge on any atom is -0.406 e. The molecule has 0 fully saturated rings. The fraction of sp³-hybridized carbons (Fsp3) is 0.0323. The predicted octanol–water partition coefficient (Wildman–Crippen LogP) is 13.8. The molecule has 0 unspecified atom stereocenters. The van der Waals surface area contributed by atoms with E-state index >= 15 is 0 Å². The van der Waals surface area contributed by atoms with E-state index in [2.05, 4.69) is 33.8 Å². The highest BCUT2D eigenvalue weighted by Crippen LogP contribution is 2.63. The van der Waals surface area contributed by atoms with Crippen molar-refractivity contribution >= 4 is 44.6 Å². The van der Waals surface area contributed by atoms with Crippen LogP contribution in [0.25, 0.3) is 66.8 Å². The van der Waals surface area contributed by atoms with E-state index in [9.17, 15) is 79.0 Å². The normalized spacial score (nSPS) is 13.4. The molecule has 2 aliphatic carbocycles. The number of hydrogen-bond donors (Lipinski definition) is 0. The lowest BCUT2D eigenvalue weighted by atomic mass is 9.77. The summed E-state index contributed by atoms with van der Waals surface area (Å²) in [6, 6.07) is 48.6. The summed E-state index contributed by atoms with van der Waals surface area (Å²) in [6.45, 7) is 0. The number of hydrogen-bond acceptors (Lipinski definition) is 12. The Balaban J connectivity index is 1.62. The molecule has 0 aliphatic heterocycles. The molecule has 7 aromatic carbocycles. The van der Waals surface area contributed by atoms with E-state index in [4.69, 9.17) is 0 Å². The Hall–Kier alpha value is -12.4. The second-order valence-electron chi connectivity index (χ2n) is 17.3. The highest BCUT2D eigenvalue weighted by molar-refractivity contribution is 6.39. The van der Waals surface area contributed by atoms with Gasteiger partial charge in [-0.3, -0.25) is 0 Å². The summed E-state index contributed by atoms with van der Waals surface area (Å²) in [6.07, 6.45) is -10.3. The molecule has 0 spiro atoms. The molecule has 0 atom stereocenters. The van der Waals surface area contributed by atoms with Gasteiger partial charge in [0.1, 0.15) is 35.8 Å². The first-order valence-electron chi connectivity index (χ1n) is 22.9. The summed E-state index contributed by atoms with van der Waals surface area (Å²) in [7, 11) is 0. The summed E-state index contributed by atoms with van der Waals surface area (Å²) in [5, 5.41) is 108. The number of rotatable bonds is 8. The molecule has 0 heterocycles. The first-order valence-corrected chi connectivity index (χ1v) is 22.9. The highest BCUT2D eigenvalue weighted by atomic mass is 19.4. The molecule has 9 rings (SSSR count). The van der Waals surface area contributed by atoms with Crippen molar-refractivity contribution in [1.82, 2.24) is 0 Å². The molecule has 374 valence electrons. The Morgan fingerprint density at radius 3 is 0.863 bits per heavy atom. The summed E-state index contributed by atoms with van der Waals surface area (Å²) >= 11 is 0. The van der Waals surface area contributed by atoms with Gasteiger partial charge in [-0.2, -0.15) is 52.6 Å². The average Bonchev–Trinajstić information content (AvgIpc) is 4.16. The van der Waals surface area contributed by atoms with Gasteiger partial charge in [-0.25, -0.2) is 0 Å². The van der Waals surface area contributed by atoms with Gasteiger partial charge in [-0.1, -0.05) is 48.5 Å². The van der Waals surface area contributed by atoms with E-state index in [-0.39, 0.29) is 145 Å². The molecule has 0 N–H and O–H groups in total. The molecule has 0 amide bonds. The standard InChI is InChI=1S/C62H22F6N10O2/c63-61(64,65)79-45-13-9-39(10-14-45)51-49(31-77)57-53(41-5-1-33(23-69)2-6-41)58-50(32-78)52(40-11-15-46(16-12-40)80-62(66,67)68)56(48(30-76)44-21-37(27-73)18-38(22-44)28-74)60(58)54(42-7-3-34(24-70)4-8-42)59(57)55(51)47(29-75)43-19-35(25-71)17-36(20-43)26-72/h1-22H/b55-47+,56-48+. The van der Waals surface area contributed by atoms with Gasteiger partial charge in [-0.15, -0.1) is 26.3 Å². The lowest BCUT2D eigenvalue weighted by Gasteiger charge is -2.24. The second-order valence-corrected chi connectivity index (χ2v) is 17.3. The maximum absolute atomic E-state index is 13.6. The van der Waals surface area contributed by atoms with Crippen LogP contribution < -0.4 is 9.47 Å². The molecule has 2 aliphatic rings. The number of fused-ring (bicyclic) bond motifs is 2. The maximum atomic E-state index is 13.6. The van der Waals surface area contributed by atoms with Gasteiger partial charge in [0.25, 0.3) is 0 Å². The van der Waals surface area contributed by atoms with Crippen LogP contribution in [0, 0.1) is 113 Å². The Morgan fingerprint density at radius 2 is 0.600 bits per heavy atom. The summed E-state index contributed by atoms with van der Waals surface area (Å²) in [5.41, 5.74) is -1.68. The molecule has 0 radical (unpaired) electrons. The second kappa shape index (κ2) is 20.7. The van der Waals surface area contributed by atoms with Gasteiger partial charge in [0, 0.05) is 50.1 Å². The van der Waals surface area contributed by atoms with Crippen molar-refractivity contribution in [3.63, 3.8) is 0 Å². The van der Waals surface area contributed by atoms with Crippen molar-refractivity contribution < 1.29 is 35.8 Å². The van der Waals surface area contributed by atoms with Gasteiger partial charge in [0.2, 0.25) is 0 Å². The van der Waals surface area contributed by atoms with Crippen LogP contribution in [0.2, 0.25) is 0 Å². The first-order chi connectivity index (χ1) is 38.4. The zero-order valence-corrected chi connectivity index (χ0v) is 40.3. The highest BCUT2D eigenvalue weighted by Gasteiger charge is 2.44. The topological polar surface area (TPSA) is 256 Å². The molecule has 0 bridgehead atoms. The Labute approximate surface area is 449 Å². The number of alkyl halides is 6. The average molecular weight is 1050 g/mol. The minimum atomic E-state index is -5.14. The van der Waals surface area contributed by atoms with Gasteiger partial charge in [-0.05, 0) is 124 Å². The van der Waals surface area contributed by atoms with Crippen molar-refractivity contribution in [2.24, 2.45) is 0 Å². The number of allylic oxidation sites excluding steroid dienone is 8. The third-order valence-corrected chi connectivity index (χ3v) is 12.8. The van der Waals surface area contributed by atoms with Crippen LogP contribution in [-0.4, -0.2) is 12.7 Å². The fourth-order valence-corrected chi connectivity index (χ4v) is 9.78. The van der Waals surface area contributed by atoms with Crippen LogP contribution in [-0.2, 0) is 0 Å². The van der Waals surface area contributed by atoms with Crippen molar-refractivity contribution in [1.29, 1.82) is 52.6 Å². The van der Waals surface area contributed by atoms with Crippen molar-refractivity contribution in [2.45, 2.75) is 12.7 Å². The monoisotopic (exact) mass is 1050 g/mol. The van der Waals surface area contributed by atoms with E-state index < -0.39 is 24.2 Å². The fourth-order valence-electron chi connectivity index (χ4n) is 9.78. The molecule has 18 heteroatoms. The Kier molecular flexibility index (Phi) is 13.6.